The van der Waals surface area contributed by atoms with Crippen molar-refractivity contribution in [2.24, 2.45) is 0 Å². The lowest BCUT2D eigenvalue weighted by atomic mass is 10.1. The molecule has 2 aromatic carbocycles. The van der Waals surface area contributed by atoms with Crippen LogP contribution in [0, 0.1) is 0 Å². The third-order valence-electron chi connectivity index (χ3n) is 4.91. The van der Waals surface area contributed by atoms with Gasteiger partial charge in [-0.05, 0) is 31.2 Å². The fourth-order valence-electron chi connectivity index (χ4n) is 3.61. The van der Waals surface area contributed by atoms with Crippen LogP contribution >= 0.6 is 0 Å². The zero-order chi connectivity index (χ0) is 17.4. The molecule has 5 heteroatoms. The van der Waals surface area contributed by atoms with E-state index in [0.717, 1.165) is 29.8 Å². The molecular formula is C20H21N3O2. The number of fused-ring (bicyclic) bond motifs is 3. The van der Waals surface area contributed by atoms with E-state index < -0.39 is 0 Å². The van der Waals surface area contributed by atoms with Crippen LogP contribution in [0.1, 0.15) is 23.1 Å². The van der Waals surface area contributed by atoms with Gasteiger partial charge in [0.1, 0.15) is 11.6 Å². The van der Waals surface area contributed by atoms with Crippen molar-refractivity contribution in [3.05, 3.63) is 59.9 Å². The van der Waals surface area contributed by atoms with Gasteiger partial charge in [0, 0.05) is 25.6 Å². The normalized spacial score (nSPS) is 17.2. The zero-order valence-corrected chi connectivity index (χ0v) is 14.5. The first-order valence-corrected chi connectivity index (χ1v) is 8.57. The summed E-state index contributed by atoms with van der Waals surface area (Å²) >= 11 is 0. The van der Waals surface area contributed by atoms with E-state index in [4.69, 9.17) is 9.72 Å². The van der Waals surface area contributed by atoms with Gasteiger partial charge >= 0.3 is 0 Å². The number of ether oxygens (including phenoxy) is 1. The fourth-order valence-corrected chi connectivity index (χ4v) is 3.61. The number of imidazole rings is 1. The summed E-state index contributed by atoms with van der Waals surface area (Å²) in [6.07, 6.45) is 0.746. The topological polar surface area (TPSA) is 47.4 Å². The Balaban J connectivity index is 1.66. The van der Waals surface area contributed by atoms with Gasteiger partial charge in [0.05, 0.1) is 23.7 Å². The first-order chi connectivity index (χ1) is 12.2. The number of rotatable bonds is 2. The Labute approximate surface area is 146 Å². The number of amides is 1. The van der Waals surface area contributed by atoms with Gasteiger partial charge < -0.3 is 14.2 Å². The molecule has 0 saturated heterocycles. The Kier molecular flexibility index (Phi) is 3.92. The number of para-hydroxylation sites is 3. The molecule has 0 spiro atoms. The van der Waals surface area contributed by atoms with Gasteiger partial charge in [0.2, 0.25) is 0 Å². The molecule has 0 N–H and O–H groups in total. The molecule has 1 aliphatic rings. The number of aromatic nitrogens is 2. The molecule has 0 radical (unpaired) electrons. The van der Waals surface area contributed by atoms with Gasteiger partial charge in [-0.1, -0.05) is 24.3 Å². The molecule has 0 saturated carbocycles. The Hall–Kier alpha value is -2.82. The van der Waals surface area contributed by atoms with Crippen molar-refractivity contribution in [3.8, 4) is 5.75 Å². The van der Waals surface area contributed by atoms with Crippen molar-refractivity contribution >= 4 is 16.9 Å². The summed E-state index contributed by atoms with van der Waals surface area (Å²) in [5.74, 6) is 1.68. The van der Waals surface area contributed by atoms with E-state index in [1.165, 1.54) is 0 Å². The second-order valence-electron chi connectivity index (χ2n) is 6.42. The quantitative estimate of drug-likeness (QED) is 0.723. The third-order valence-corrected chi connectivity index (χ3v) is 4.91. The predicted octanol–water partition coefficient (Wildman–Crippen LogP) is 3.13. The summed E-state index contributed by atoms with van der Waals surface area (Å²) in [5.41, 5.74) is 2.77. The summed E-state index contributed by atoms with van der Waals surface area (Å²) < 4.78 is 7.60. The highest BCUT2D eigenvalue weighted by Gasteiger charge is 2.28. The van der Waals surface area contributed by atoms with E-state index >= 15 is 0 Å². The minimum Gasteiger partial charge on any atom is -0.496 e. The zero-order valence-electron chi connectivity index (χ0n) is 14.5. The van der Waals surface area contributed by atoms with Crippen molar-refractivity contribution in [1.29, 1.82) is 0 Å². The molecule has 0 aliphatic carbocycles. The number of carbonyl (C=O) groups excluding carboxylic acids is 1. The molecule has 0 fully saturated rings. The van der Waals surface area contributed by atoms with Crippen LogP contribution in [0.3, 0.4) is 0 Å². The monoisotopic (exact) mass is 335 g/mol. The summed E-state index contributed by atoms with van der Waals surface area (Å²) in [6, 6.07) is 15.7. The van der Waals surface area contributed by atoms with E-state index in [0.29, 0.717) is 17.9 Å². The lowest BCUT2D eigenvalue weighted by molar-refractivity contribution is 0.0693. The largest absolute Gasteiger partial charge is 0.496 e. The number of hydrogen-bond donors (Lipinski definition) is 0. The lowest BCUT2D eigenvalue weighted by Crippen LogP contribution is -2.40. The van der Waals surface area contributed by atoms with Gasteiger partial charge in [-0.3, -0.25) is 4.79 Å². The first kappa shape index (κ1) is 15.7. The fraction of sp³-hybridized carbons (Fsp3) is 0.300. The Morgan fingerprint density at radius 3 is 2.72 bits per heavy atom. The molecule has 128 valence electrons. The predicted molar refractivity (Wildman–Crippen MR) is 96.9 cm³/mol. The Morgan fingerprint density at radius 1 is 1.12 bits per heavy atom. The van der Waals surface area contributed by atoms with Crippen LogP contribution < -0.4 is 4.74 Å². The number of nitrogens with zero attached hydrogens (tertiary/aromatic N) is 3. The minimum absolute atomic E-state index is 0.0139. The average Bonchev–Trinajstić information content (AvgIpc) is 2.90. The van der Waals surface area contributed by atoms with E-state index in [2.05, 4.69) is 17.6 Å². The van der Waals surface area contributed by atoms with Crippen molar-refractivity contribution in [2.75, 3.05) is 13.7 Å². The number of hydrogen-bond acceptors (Lipinski definition) is 3. The minimum atomic E-state index is 0.0139. The van der Waals surface area contributed by atoms with Crippen LogP contribution in [-0.4, -0.2) is 40.1 Å². The molecule has 25 heavy (non-hydrogen) atoms. The average molecular weight is 335 g/mol. The Morgan fingerprint density at radius 2 is 1.88 bits per heavy atom. The van der Waals surface area contributed by atoms with E-state index in [1.54, 1.807) is 7.11 Å². The van der Waals surface area contributed by atoms with Gasteiger partial charge in [-0.2, -0.15) is 0 Å². The van der Waals surface area contributed by atoms with Gasteiger partial charge in [0.15, 0.2) is 0 Å². The van der Waals surface area contributed by atoms with Crippen molar-refractivity contribution in [3.63, 3.8) is 0 Å². The second kappa shape index (κ2) is 6.24. The van der Waals surface area contributed by atoms with Crippen LogP contribution in [0.4, 0.5) is 0 Å². The summed E-state index contributed by atoms with van der Waals surface area (Å²) in [4.78, 5) is 19.8. The van der Waals surface area contributed by atoms with E-state index in [1.807, 2.05) is 47.4 Å². The highest BCUT2D eigenvalue weighted by Crippen LogP contribution is 2.25. The molecule has 1 atom stereocenters. The second-order valence-corrected chi connectivity index (χ2v) is 6.42. The number of carbonyl (C=O) groups is 1. The molecular weight excluding hydrogens is 314 g/mol. The van der Waals surface area contributed by atoms with Crippen LogP contribution in [0.15, 0.2) is 48.5 Å². The number of benzene rings is 2. The van der Waals surface area contributed by atoms with Crippen LogP contribution in [-0.2, 0) is 13.0 Å². The summed E-state index contributed by atoms with van der Waals surface area (Å²) in [6.45, 7) is 3.49. The molecule has 1 amide bonds. The maximum absolute atomic E-state index is 13.1. The SMILES string of the molecule is COc1ccccc1C(=O)N1CCn2c(nc3ccccc32)CC1C. The van der Waals surface area contributed by atoms with Crippen molar-refractivity contribution in [2.45, 2.75) is 25.9 Å². The standard InChI is InChI=1S/C20H21N3O2/c1-14-13-19-21-16-8-4-5-9-17(16)23(19)12-11-22(14)20(24)15-7-3-6-10-18(15)25-2/h3-10,14H,11-13H2,1-2H3. The molecule has 1 unspecified atom stereocenters. The third kappa shape index (κ3) is 2.65. The maximum atomic E-state index is 13.1. The molecule has 1 aromatic heterocycles. The van der Waals surface area contributed by atoms with Crippen LogP contribution in [0.2, 0.25) is 0 Å². The smallest absolute Gasteiger partial charge is 0.257 e. The molecule has 3 aromatic rings. The van der Waals surface area contributed by atoms with Crippen LogP contribution in [0.25, 0.3) is 11.0 Å². The highest BCUT2D eigenvalue weighted by atomic mass is 16.5. The lowest BCUT2D eigenvalue weighted by Gasteiger charge is -2.27. The first-order valence-electron chi connectivity index (χ1n) is 8.57. The molecule has 2 heterocycles. The van der Waals surface area contributed by atoms with Gasteiger partial charge in [-0.25, -0.2) is 4.98 Å². The maximum Gasteiger partial charge on any atom is 0.257 e. The molecule has 0 bridgehead atoms. The van der Waals surface area contributed by atoms with Crippen molar-refractivity contribution in [1.82, 2.24) is 14.5 Å². The van der Waals surface area contributed by atoms with E-state index in [-0.39, 0.29) is 11.9 Å². The van der Waals surface area contributed by atoms with Crippen LogP contribution in [0.5, 0.6) is 5.75 Å². The Bertz CT molecular complexity index is 932. The number of methoxy groups -OCH3 is 1. The molecule has 5 nitrogen and oxygen atoms in total. The van der Waals surface area contributed by atoms with Crippen molar-refractivity contribution < 1.29 is 9.53 Å². The summed E-state index contributed by atoms with van der Waals surface area (Å²) in [5, 5.41) is 0. The molecule has 1 aliphatic heterocycles. The summed E-state index contributed by atoms with van der Waals surface area (Å²) in [7, 11) is 1.60. The molecule has 4 rings (SSSR count). The van der Waals surface area contributed by atoms with E-state index in [9.17, 15) is 4.79 Å². The van der Waals surface area contributed by atoms with Gasteiger partial charge in [-0.15, -0.1) is 0 Å². The highest BCUT2D eigenvalue weighted by molar-refractivity contribution is 5.97. The van der Waals surface area contributed by atoms with Gasteiger partial charge in [0.25, 0.3) is 5.91 Å².